The molecule has 1 aliphatic rings. The summed E-state index contributed by atoms with van der Waals surface area (Å²) in [6.07, 6.45) is -6.30. The Hall–Kier alpha value is -3.83. The smallest absolute Gasteiger partial charge is 0.352 e. The lowest BCUT2D eigenvalue weighted by Gasteiger charge is -2.40. The number of halogens is 6. The van der Waals surface area contributed by atoms with Crippen molar-refractivity contribution in [3.63, 3.8) is 0 Å². The van der Waals surface area contributed by atoms with Crippen LogP contribution in [0.4, 0.5) is 38.1 Å². The molecule has 1 N–H and O–H groups in total. The molecule has 5 rings (SSSR count). The first-order valence-corrected chi connectivity index (χ1v) is 11.1. The lowest BCUT2D eigenvalue weighted by atomic mass is 10.0. The van der Waals surface area contributed by atoms with Gasteiger partial charge in [0.1, 0.15) is 5.82 Å². The molecule has 6 nitrogen and oxygen atoms in total. The van der Waals surface area contributed by atoms with E-state index < -0.39 is 23.5 Å². The number of fused-ring (bicyclic) bond motifs is 1. The molecule has 0 radical (unpaired) electrons. The van der Waals surface area contributed by atoms with Gasteiger partial charge in [0, 0.05) is 43.6 Å². The Bertz CT molecular complexity index is 1380. The van der Waals surface area contributed by atoms with E-state index in [1.165, 1.54) is 18.5 Å². The van der Waals surface area contributed by atoms with Crippen LogP contribution in [0.2, 0.25) is 0 Å². The molecule has 3 aromatic heterocycles. The van der Waals surface area contributed by atoms with Crippen LogP contribution in [0, 0.1) is 0 Å². The molecule has 4 aromatic rings. The van der Waals surface area contributed by atoms with E-state index in [4.69, 9.17) is 0 Å². The molecule has 1 aromatic carbocycles. The molecule has 0 spiro atoms. The Balaban J connectivity index is 1.49. The molecule has 1 aliphatic heterocycles. The maximum atomic E-state index is 13.6. The first-order chi connectivity index (χ1) is 17.0. The van der Waals surface area contributed by atoms with E-state index >= 15 is 0 Å². The number of imidazole rings is 1. The second kappa shape index (κ2) is 8.68. The van der Waals surface area contributed by atoms with Crippen LogP contribution in [-0.2, 0) is 12.4 Å². The van der Waals surface area contributed by atoms with Gasteiger partial charge in [-0.1, -0.05) is 6.07 Å². The minimum atomic E-state index is -4.57. The van der Waals surface area contributed by atoms with Gasteiger partial charge in [0.25, 0.3) is 0 Å². The standard InChI is InChI=1S/C24H20F6N6/c1-14-13-35(21-17(24(28,29)30)5-4-8-32-21)9-10-36(14)22-33-19-12-15(23(25,26)27)11-16(20(19)34-22)18-6-2-3-7-31-18/h2-8,11-12,14H,9-10,13H2,1H3,(H,33,34). The van der Waals surface area contributed by atoms with E-state index in [1.807, 2.05) is 11.8 Å². The second-order valence-electron chi connectivity index (χ2n) is 8.55. The van der Waals surface area contributed by atoms with Gasteiger partial charge < -0.3 is 14.8 Å². The SMILES string of the molecule is CC1CN(c2ncccc2C(F)(F)F)CCN1c1nc2c(-c3ccccn3)cc(C(F)(F)F)cc2[nH]1. The summed E-state index contributed by atoms with van der Waals surface area (Å²) in [6.45, 7) is 2.55. The number of aromatic amines is 1. The summed E-state index contributed by atoms with van der Waals surface area (Å²) < 4.78 is 81.2. The van der Waals surface area contributed by atoms with Gasteiger partial charge in [0.2, 0.25) is 5.95 Å². The Morgan fingerprint density at radius 3 is 2.36 bits per heavy atom. The summed E-state index contributed by atoms with van der Waals surface area (Å²) in [6, 6.07) is 8.91. The third-order valence-electron chi connectivity index (χ3n) is 6.13. The number of aromatic nitrogens is 4. The summed E-state index contributed by atoms with van der Waals surface area (Å²) in [4.78, 5) is 19.1. The van der Waals surface area contributed by atoms with E-state index in [-0.39, 0.29) is 36.0 Å². The number of H-pyrrole nitrogens is 1. The number of alkyl halides is 6. The van der Waals surface area contributed by atoms with E-state index in [0.29, 0.717) is 23.7 Å². The highest BCUT2D eigenvalue weighted by molar-refractivity contribution is 5.93. The monoisotopic (exact) mass is 506 g/mol. The molecular formula is C24H20F6N6. The highest BCUT2D eigenvalue weighted by Gasteiger charge is 2.38. The maximum absolute atomic E-state index is 13.6. The third kappa shape index (κ3) is 4.42. The molecule has 188 valence electrons. The lowest BCUT2D eigenvalue weighted by molar-refractivity contribution is -0.138. The lowest BCUT2D eigenvalue weighted by Crippen LogP contribution is -2.53. The van der Waals surface area contributed by atoms with Crippen molar-refractivity contribution in [1.29, 1.82) is 0 Å². The van der Waals surface area contributed by atoms with Crippen molar-refractivity contribution in [2.75, 3.05) is 29.4 Å². The van der Waals surface area contributed by atoms with Gasteiger partial charge in [-0.05, 0) is 43.3 Å². The molecule has 1 unspecified atom stereocenters. The van der Waals surface area contributed by atoms with Crippen LogP contribution in [-0.4, -0.2) is 45.6 Å². The zero-order valence-electron chi connectivity index (χ0n) is 18.9. The predicted octanol–water partition coefficient (Wildman–Crippen LogP) is 5.77. The molecule has 1 atom stereocenters. The predicted molar refractivity (Wildman–Crippen MR) is 123 cm³/mol. The minimum absolute atomic E-state index is 0.145. The average molecular weight is 506 g/mol. The summed E-state index contributed by atoms with van der Waals surface area (Å²) in [5.74, 6) is 0.194. The summed E-state index contributed by atoms with van der Waals surface area (Å²) >= 11 is 0. The van der Waals surface area contributed by atoms with Crippen LogP contribution in [0.5, 0.6) is 0 Å². The molecule has 0 amide bonds. The van der Waals surface area contributed by atoms with Crippen LogP contribution in [0.3, 0.4) is 0 Å². The van der Waals surface area contributed by atoms with Gasteiger partial charge in [0.15, 0.2) is 0 Å². The minimum Gasteiger partial charge on any atom is -0.352 e. The molecule has 0 saturated carbocycles. The number of nitrogens with zero attached hydrogens (tertiary/aromatic N) is 5. The van der Waals surface area contributed by atoms with Gasteiger partial charge in [-0.2, -0.15) is 26.3 Å². The molecule has 12 heteroatoms. The van der Waals surface area contributed by atoms with E-state index in [2.05, 4.69) is 19.9 Å². The highest BCUT2D eigenvalue weighted by Crippen LogP contribution is 2.38. The molecule has 0 bridgehead atoms. The number of piperazine rings is 1. The van der Waals surface area contributed by atoms with Crippen molar-refractivity contribution < 1.29 is 26.3 Å². The highest BCUT2D eigenvalue weighted by atomic mass is 19.4. The van der Waals surface area contributed by atoms with E-state index in [1.54, 1.807) is 23.1 Å². The molecule has 0 aliphatic carbocycles. The third-order valence-corrected chi connectivity index (χ3v) is 6.13. The molecule has 4 heterocycles. The van der Waals surface area contributed by atoms with Crippen LogP contribution < -0.4 is 9.80 Å². The number of pyridine rings is 2. The number of rotatable bonds is 3. The fourth-order valence-corrected chi connectivity index (χ4v) is 4.46. The van der Waals surface area contributed by atoms with Gasteiger partial charge in [-0.25, -0.2) is 9.97 Å². The quantitative estimate of drug-likeness (QED) is 0.358. The average Bonchev–Trinajstić information content (AvgIpc) is 3.27. The number of anilines is 2. The van der Waals surface area contributed by atoms with Crippen LogP contribution >= 0.6 is 0 Å². The van der Waals surface area contributed by atoms with E-state index in [0.717, 1.165) is 18.2 Å². The summed E-state index contributed by atoms with van der Waals surface area (Å²) in [5.41, 5.74) is -0.543. The van der Waals surface area contributed by atoms with Crippen LogP contribution in [0.15, 0.2) is 54.9 Å². The summed E-state index contributed by atoms with van der Waals surface area (Å²) in [5, 5.41) is 0. The number of benzene rings is 1. The zero-order valence-corrected chi connectivity index (χ0v) is 18.9. The Labute approximate surface area is 201 Å². The van der Waals surface area contributed by atoms with Gasteiger partial charge in [-0.15, -0.1) is 0 Å². The maximum Gasteiger partial charge on any atom is 0.419 e. The Morgan fingerprint density at radius 2 is 1.69 bits per heavy atom. The van der Waals surface area contributed by atoms with Crippen molar-refractivity contribution in [2.45, 2.75) is 25.3 Å². The first kappa shape index (κ1) is 23.9. The van der Waals surface area contributed by atoms with Crippen molar-refractivity contribution in [1.82, 2.24) is 19.9 Å². The number of hydrogen-bond donors (Lipinski definition) is 1. The molecular weight excluding hydrogens is 486 g/mol. The van der Waals surface area contributed by atoms with Crippen molar-refractivity contribution in [3.05, 3.63) is 66.0 Å². The van der Waals surface area contributed by atoms with Crippen LogP contribution in [0.25, 0.3) is 22.3 Å². The fraction of sp³-hybridized carbons (Fsp3) is 0.292. The normalized spacial score (nSPS) is 17.1. The van der Waals surface area contributed by atoms with Crippen molar-refractivity contribution in [2.24, 2.45) is 0 Å². The van der Waals surface area contributed by atoms with Crippen molar-refractivity contribution >= 4 is 22.8 Å². The zero-order chi connectivity index (χ0) is 25.7. The fourth-order valence-electron chi connectivity index (χ4n) is 4.46. The largest absolute Gasteiger partial charge is 0.419 e. The van der Waals surface area contributed by atoms with E-state index in [9.17, 15) is 26.3 Å². The van der Waals surface area contributed by atoms with Gasteiger partial charge in [0.05, 0.1) is 27.9 Å². The van der Waals surface area contributed by atoms with Gasteiger partial charge in [-0.3, -0.25) is 4.98 Å². The molecule has 1 saturated heterocycles. The summed E-state index contributed by atoms with van der Waals surface area (Å²) in [7, 11) is 0. The molecule has 1 fully saturated rings. The second-order valence-corrected chi connectivity index (χ2v) is 8.55. The first-order valence-electron chi connectivity index (χ1n) is 11.1. The topological polar surface area (TPSA) is 60.9 Å². The van der Waals surface area contributed by atoms with Crippen LogP contribution in [0.1, 0.15) is 18.1 Å². The number of hydrogen-bond acceptors (Lipinski definition) is 5. The van der Waals surface area contributed by atoms with Gasteiger partial charge >= 0.3 is 12.4 Å². The Kier molecular flexibility index (Phi) is 5.76. The van der Waals surface area contributed by atoms with Crippen molar-refractivity contribution in [3.8, 4) is 11.3 Å². The molecule has 36 heavy (non-hydrogen) atoms. The Morgan fingerprint density at radius 1 is 0.917 bits per heavy atom. The number of nitrogens with one attached hydrogen (secondary N) is 1.